The molecule has 1 N–H and O–H groups in total. The fourth-order valence-corrected chi connectivity index (χ4v) is 7.04. The number of unbranched alkanes of at least 4 members (excludes halogenated alkanes) is 1. The Morgan fingerprint density at radius 2 is 1.37 bits per heavy atom. The van der Waals surface area contributed by atoms with Gasteiger partial charge in [0.25, 0.3) is 5.91 Å². The van der Waals surface area contributed by atoms with Crippen LogP contribution in [0.4, 0.5) is 0 Å². The van der Waals surface area contributed by atoms with Crippen molar-refractivity contribution in [1.82, 2.24) is 20.0 Å². The Labute approximate surface area is 306 Å². The van der Waals surface area contributed by atoms with Crippen LogP contribution in [0, 0.1) is 41.9 Å². The molecule has 10 atom stereocenters. The van der Waals surface area contributed by atoms with E-state index in [-0.39, 0.29) is 30.2 Å². The number of nitrogens with one attached hydrogen (secondary N) is 1. The lowest BCUT2D eigenvalue weighted by Gasteiger charge is -2.37. The number of nitrogens with zero attached hydrogens (tertiary/aromatic N) is 3. The molecule has 4 amide bonds. The number of rotatable bonds is 10. The van der Waals surface area contributed by atoms with Gasteiger partial charge in [0.2, 0.25) is 17.7 Å². The van der Waals surface area contributed by atoms with Crippen molar-refractivity contribution in [2.24, 2.45) is 29.6 Å². The normalized spacial score (nSPS) is 29.6. The molecule has 2 rings (SSSR count). The molecule has 0 aromatic carbocycles. The quantitative estimate of drug-likeness (QED) is 0.202. The van der Waals surface area contributed by atoms with E-state index in [1.165, 1.54) is 28.8 Å². The van der Waals surface area contributed by atoms with Gasteiger partial charge >= 0.3 is 11.9 Å². The predicted molar refractivity (Wildman–Crippen MR) is 195 cm³/mol. The summed E-state index contributed by atoms with van der Waals surface area (Å²) in [6.07, 6.45) is 7.14. The second-order valence-electron chi connectivity index (χ2n) is 15.1. The van der Waals surface area contributed by atoms with E-state index in [4.69, 9.17) is 15.9 Å². The molecule has 2 saturated heterocycles. The minimum atomic E-state index is -1.20. The average Bonchev–Trinajstić information content (AvgIpc) is 3.60. The molecule has 288 valence electrons. The molecule has 12 nitrogen and oxygen atoms in total. The van der Waals surface area contributed by atoms with Crippen molar-refractivity contribution in [3.05, 3.63) is 0 Å². The molecule has 0 spiro atoms. The van der Waals surface area contributed by atoms with Crippen molar-refractivity contribution in [2.45, 2.75) is 150 Å². The van der Waals surface area contributed by atoms with Gasteiger partial charge in [-0.15, -0.1) is 12.3 Å². The van der Waals surface area contributed by atoms with Gasteiger partial charge in [-0.25, -0.2) is 9.59 Å². The summed E-state index contributed by atoms with van der Waals surface area (Å²) in [5, 5.41) is 2.92. The molecule has 2 aliphatic heterocycles. The average molecular weight is 717 g/mol. The summed E-state index contributed by atoms with van der Waals surface area (Å²) < 4.78 is 12.2. The van der Waals surface area contributed by atoms with Crippen LogP contribution in [0.1, 0.15) is 114 Å². The molecule has 0 aromatic heterocycles. The standard InChI is InChI=1S/C39H64N4O8/c1-13-17-18-21-29-27(10)34(44)40-30(24(7)14-2)36(46)42(12)32(25(8)15-3)39(49)51-33(26(9)16-4)37(47)43-22-19-20-28(43)35(45)41(11)31(23(5)6)38(48)50-29/h1,23-33H,14-22H2,2-12H3,(H,40,44)/t24-,25-,26-,27-,28-,29+,30-,31-,32?,33-/m0/s1. The number of hydrogen-bond donors (Lipinski definition) is 1. The Morgan fingerprint density at radius 1 is 0.804 bits per heavy atom. The highest BCUT2D eigenvalue weighted by molar-refractivity contribution is 5.95. The summed E-state index contributed by atoms with van der Waals surface area (Å²) >= 11 is 0. The summed E-state index contributed by atoms with van der Waals surface area (Å²) in [6, 6.07) is -3.92. The number of carbonyl (C=O) groups is 6. The molecule has 1 unspecified atom stereocenters. The predicted octanol–water partition coefficient (Wildman–Crippen LogP) is 4.19. The maximum atomic E-state index is 14.3. The summed E-state index contributed by atoms with van der Waals surface area (Å²) in [7, 11) is 3.05. The molecule has 12 heteroatoms. The first-order valence-electron chi connectivity index (χ1n) is 19.0. The van der Waals surface area contributed by atoms with Crippen LogP contribution in [0.3, 0.4) is 0 Å². The first kappa shape index (κ1) is 43.5. The van der Waals surface area contributed by atoms with Crippen LogP contribution < -0.4 is 5.32 Å². The Morgan fingerprint density at radius 3 is 1.92 bits per heavy atom. The number of fused-ring (bicyclic) bond motifs is 1. The highest BCUT2D eigenvalue weighted by Gasteiger charge is 2.46. The van der Waals surface area contributed by atoms with Crippen LogP contribution in [0.2, 0.25) is 0 Å². The zero-order chi connectivity index (χ0) is 38.7. The molecular formula is C39H64N4O8. The molecular weight excluding hydrogens is 652 g/mol. The van der Waals surface area contributed by atoms with E-state index in [0.717, 1.165) is 0 Å². The minimum absolute atomic E-state index is 0.288. The van der Waals surface area contributed by atoms with E-state index in [0.29, 0.717) is 51.4 Å². The third-order valence-corrected chi connectivity index (χ3v) is 11.1. The smallest absolute Gasteiger partial charge is 0.329 e. The van der Waals surface area contributed by atoms with Crippen LogP contribution in [-0.2, 0) is 38.2 Å². The van der Waals surface area contributed by atoms with Crippen LogP contribution in [0.15, 0.2) is 0 Å². The maximum Gasteiger partial charge on any atom is 0.329 e. The van der Waals surface area contributed by atoms with Gasteiger partial charge in [0, 0.05) is 33.0 Å². The van der Waals surface area contributed by atoms with E-state index in [1.54, 1.807) is 20.8 Å². The van der Waals surface area contributed by atoms with Crippen LogP contribution >= 0.6 is 0 Å². The summed E-state index contributed by atoms with van der Waals surface area (Å²) in [5.74, 6) is -2.94. The van der Waals surface area contributed by atoms with Crippen LogP contribution in [0.25, 0.3) is 0 Å². The number of hydrogen-bond acceptors (Lipinski definition) is 8. The fourth-order valence-electron chi connectivity index (χ4n) is 7.04. The van der Waals surface area contributed by atoms with E-state index < -0.39 is 77.9 Å². The third-order valence-electron chi connectivity index (χ3n) is 11.1. The Bertz CT molecular complexity index is 1280. The number of amides is 4. The van der Waals surface area contributed by atoms with Crippen molar-refractivity contribution in [1.29, 1.82) is 0 Å². The lowest BCUT2D eigenvalue weighted by Crippen LogP contribution is -2.58. The van der Waals surface area contributed by atoms with Gasteiger partial charge in [-0.1, -0.05) is 75.2 Å². The van der Waals surface area contributed by atoms with Crippen molar-refractivity contribution in [3.8, 4) is 12.3 Å². The third kappa shape index (κ3) is 10.5. The molecule has 51 heavy (non-hydrogen) atoms. The van der Waals surface area contributed by atoms with Gasteiger partial charge in [0.15, 0.2) is 6.10 Å². The van der Waals surface area contributed by atoms with E-state index in [9.17, 15) is 28.8 Å². The lowest BCUT2D eigenvalue weighted by atomic mass is 9.92. The molecule has 0 saturated carbocycles. The van der Waals surface area contributed by atoms with Crippen molar-refractivity contribution in [3.63, 3.8) is 0 Å². The number of likely N-dealkylation sites (N-methyl/N-ethyl adjacent to an activating group) is 2. The SMILES string of the molecule is C#CCCC[C@H]1OC(=O)[C@H](C(C)C)N(C)C(=O)[C@@H]2CCCN2C(=O)[C@H]([C@@H](C)CC)OC(=O)C([C@@H](C)CC)N(C)C(=O)[C@H]([C@@H](C)CC)NC(=O)[C@H]1C. The van der Waals surface area contributed by atoms with Gasteiger partial charge in [-0.05, 0) is 49.9 Å². The van der Waals surface area contributed by atoms with Gasteiger partial charge < -0.3 is 29.5 Å². The summed E-state index contributed by atoms with van der Waals surface area (Å²) in [5.41, 5.74) is 0. The van der Waals surface area contributed by atoms with Crippen LogP contribution in [-0.4, -0.2) is 107 Å². The lowest BCUT2D eigenvalue weighted by molar-refractivity contribution is -0.172. The fraction of sp³-hybridized carbons (Fsp3) is 0.795. The van der Waals surface area contributed by atoms with E-state index in [1.807, 2.05) is 41.5 Å². The number of terminal acetylenes is 1. The largest absolute Gasteiger partial charge is 0.460 e. The molecule has 0 aliphatic carbocycles. The molecule has 2 fully saturated rings. The second kappa shape index (κ2) is 19.8. The maximum absolute atomic E-state index is 14.3. The van der Waals surface area contributed by atoms with E-state index in [2.05, 4.69) is 11.2 Å². The summed E-state index contributed by atoms with van der Waals surface area (Å²) in [4.78, 5) is 89.0. The molecule has 0 bridgehead atoms. The van der Waals surface area contributed by atoms with Crippen molar-refractivity contribution < 1.29 is 38.2 Å². The molecule has 0 radical (unpaired) electrons. The zero-order valence-corrected chi connectivity index (χ0v) is 32.9. The molecule has 2 aliphatic rings. The van der Waals surface area contributed by atoms with Gasteiger partial charge in [0.05, 0.1) is 5.92 Å². The highest BCUT2D eigenvalue weighted by Crippen LogP contribution is 2.28. The Hall–Kier alpha value is -3.62. The van der Waals surface area contributed by atoms with Gasteiger partial charge in [-0.3, -0.25) is 19.2 Å². The molecule has 2 heterocycles. The van der Waals surface area contributed by atoms with E-state index >= 15 is 0 Å². The van der Waals surface area contributed by atoms with Crippen LogP contribution in [0.5, 0.6) is 0 Å². The monoisotopic (exact) mass is 716 g/mol. The van der Waals surface area contributed by atoms with Gasteiger partial charge in [0.1, 0.15) is 30.3 Å². The Balaban J connectivity index is 2.79. The molecule has 0 aromatic rings. The van der Waals surface area contributed by atoms with Gasteiger partial charge in [-0.2, -0.15) is 0 Å². The number of cyclic esters (lactones) is 2. The number of carbonyl (C=O) groups excluding carboxylic acids is 6. The summed E-state index contributed by atoms with van der Waals surface area (Å²) in [6.45, 7) is 16.7. The first-order chi connectivity index (χ1) is 24.0. The Kier molecular flexibility index (Phi) is 16.9. The number of ether oxygens (including phenoxy) is 2. The van der Waals surface area contributed by atoms with Crippen molar-refractivity contribution >= 4 is 35.6 Å². The zero-order valence-electron chi connectivity index (χ0n) is 32.9. The van der Waals surface area contributed by atoms with Crippen molar-refractivity contribution in [2.75, 3.05) is 20.6 Å². The topological polar surface area (TPSA) is 143 Å². The minimum Gasteiger partial charge on any atom is -0.460 e. The first-order valence-corrected chi connectivity index (χ1v) is 19.0. The number of esters is 2. The highest BCUT2D eigenvalue weighted by atomic mass is 16.6. The second-order valence-corrected chi connectivity index (χ2v) is 15.1.